The number of hydrogen-bond donors (Lipinski definition) is 1. The molecule has 0 amide bonds. The van der Waals surface area contributed by atoms with Crippen molar-refractivity contribution in [2.24, 2.45) is 0 Å². The lowest BCUT2D eigenvalue weighted by atomic mass is 10.1. The fourth-order valence-corrected chi connectivity index (χ4v) is 2.59. The number of benzene rings is 2. The van der Waals surface area contributed by atoms with Crippen molar-refractivity contribution >= 4 is 15.9 Å². The lowest BCUT2D eigenvalue weighted by molar-refractivity contribution is 0.395. The predicted molar refractivity (Wildman–Crippen MR) is 88.9 cm³/mol. The van der Waals surface area contributed by atoms with Crippen LogP contribution in [0.15, 0.2) is 46.9 Å². The zero-order valence-electron chi connectivity index (χ0n) is 12.5. The van der Waals surface area contributed by atoms with Gasteiger partial charge in [-0.1, -0.05) is 28.1 Å². The molecule has 21 heavy (non-hydrogen) atoms. The minimum atomic E-state index is 0.249. The average molecular weight is 350 g/mol. The summed E-state index contributed by atoms with van der Waals surface area (Å²) in [4.78, 5) is 0. The van der Waals surface area contributed by atoms with Crippen LogP contribution in [0.25, 0.3) is 0 Å². The Morgan fingerprint density at radius 3 is 2.57 bits per heavy atom. The van der Waals surface area contributed by atoms with Gasteiger partial charge in [0, 0.05) is 22.6 Å². The van der Waals surface area contributed by atoms with Crippen molar-refractivity contribution in [1.29, 1.82) is 0 Å². The van der Waals surface area contributed by atoms with Gasteiger partial charge in [0.25, 0.3) is 0 Å². The molecule has 2 aromatic rings. The Bertz CT molecular complexity index is 601. The van der Waals surface area contributed by atoms with Crippen LogP contribution in [0.5, 0.6) is 11.5 Å². The second kappa shape index (κ2) is 7.48. The van der Waals surface area contributed by atoms with E-state index in [1.54, 1.807) is 14.2 Å². The number of methoxy groups -OCH3 is 2. The first-order valence-corrected chi connectivity index (χ1v) is 7.63. The summed E-state index contributed by atoms with van der Waals surface area (Å²) in [5, 5.41) is 3.51. The normalized spacial score (nSPS) is 12.0. The van der Waals surface area contributed by atoms with Crippen molar-refractivity contribution in [3.8, 4) is 11.5 Å². The van der Waals surface area contributed by atoms with Crippen molar-refractivity contribution < 1.29 is 9.47 Å². The van der Waals surface area contributed by atoms with E-state index in [0.717, 1.165) is 21.5 Å². The number of hydrogen-bond acceptors (Lipinski definition) is 3. The molecular weight excluding hydrogens is 330 g/mol. The molecule has 0 spiro atoms. The Labute approximate surface area is 134 Å². The maximum atomic E-state index is 5.40. The summed E-state index contributed by atoms with van der Waals surface area (Å²) >= 11 is 3.50. The first-order valence-electron chi connectivity index (χ1n) is 6.83. The minimum Gasteiger partial charge on any atom is -0.497 e. The Balaban J connectivity index is 2.08. The van der Waals surface area contributed by atoms with Crippen LogP contribution in [-0.2, 0) is 6.54 Å². The monoisotopic (exact) mass is 349 g/mol. The van der Waals surface area contributed by atoms with E-state index in [9.17, 15) is 0 Å². The molecule has 0 aliphatic heterocycles. The Kier molecular flexibility index (Phi) is 5.65. The molecule has 0 fully saturated rings. The standard InChI is InChI=1S/C17H20BrNO2/c1-12(13-5-4-6-15(18)9-13)19-11-14-10-16(20-2)7-8-17(14)21-3/h4-10,12,19H,11H2,1-3H3. The molecule has 1 atom stereocenters. The Morgan fingerprint density at radius 1 is 1.10 bits per heavy atom. The van der Waals surface area contributed by atoms with Crippen molar-refractivity contribution in [2.45, 2.75) is 19.5 Å². The molecule has 0 radical (unpaired) electrons. The Morgan fingerprint density at radius 2 is 1.90 bits per heavy atom. The average Bonchev–Trinajstić information content (AvgIpc) is 2.52. The van der Waals surface area contributed by atoms with Crippen LogP contribution in [-0.4, -0.2) is 14.2 Å². The van der Waals surface area contributed by atoms with Gasteiger partial charge in [0.1, 0.15) is 11.5 Å². The molecular formula is C17H20BrNO2. The van der Waals surface area contributed by atoms with Gasteiger partial charge >= 0.3 is 0 Å². The van der Waals surface area contributed by atoms with Crippen molar-refractivity contribution in [1.82, 2.24) is 5.32 Å². The molecule has 1 N–H and O–H groups in total. The summed E-state index contributed by atoms with van der Waals surface area (Å²) in [5.74, 6) is 1.70. The second-order valence-electron chi connectivity index (χ2n) is 4.84. The highest BCUT2D eigenvalue weighted by Gasteiger charge is 2.09. The van der Waals surface area contributed by atoms with Gasteiger partial charge in [0.15, 0.2) is 0 Å². The van der Waals surface area contributed by atoms with Gasteiger partial charge in [-0.15, -0.1) is 0 Å². The van der Waals surface area contributed by atoms with E-state index < -0.39 is 0 Å². The molecule has 0 aliphatic rings. The molecule has 0 saturated heterocycles. The third-order valence-electron chi connectivity index (χ3n) is 3.43. The zero-order chi connectivity index (χ0) is 15.2. The van der Waals surface area contributed by atoms with Gasteiger partial charge in [-0.2, -0.15) is 0 Å². The van der Waals surface area contributed by atoms with E-state index >= 15 is 0 Å². The van der Waals surface area contributed by atoms with Crippen molar-refractivity contribution in [2.75, 3.05) is 14.2 Å². The third-order valence-corrected chi connectivity index (χ3v) is 3.93. The highest BCUT2D eigenvalue weighted by molar-refractivity contribution is 9.10. The number of ether oxygens (including phenoxy) is 2. The van der Waals surface area contributed by atoms with Crippen LogP contribution < -0.4 is 14.8 Å². The van der Waals surface area contributed by atoms with Gasteiger partial charge in [0.2, 0.25) is 0 Å². The van der Waals surface area contributed by atoms with E-state index in [1.807, 2.05) is 30.3 Å². The SMILES string of the molecule is COc1ccc(OC)c(CNC(C)c2cccc(Br)c2)c1. The summed E-state index contributed by atoms with van der Waals surface area (Å²) in [6.07, 6.45) is 0. The summed E-state index contributed by atoms with van der Waals surface area (Å²) in [6.45, 7) is 2.86. The molecule has 1 unspecified atom stereocenters. The van der Waals surface area contributed by atoms with Crippen LogP contribution >= 0.6 is 15.9 Å². The topological polar surface area (TPSA) is 30.5 Å². The Hall–Kier alpha value is -1.52. The molecule has 0 bridgehead atoms. The molecule has 2 aromatic carbocycles. The highest BCUT2D eigenvalue weighted by atomic mass is 79.9. The third kappa shape index (κ3) is 4.22. The maximum absolute atomic E-state index is 5.40. The van der Waals surface area contributed by atoms with Crippen molar-refractivity contribution in [3.63, 3.8) is 0 Å². The van der Waals surface area contributed by atoms with E-state index in [1.165, 1.54) is 5.56 Å². The van der Waals surface area contributed by atoms with Crippen LogP contribution in [0.3, 0.4) is 0 Å². The van der Waals surface area contributed by atoms with Crippen molar-refractivity contribution in [3.05, 3.63) is 58.1 Å². The largest absolute Gasteiger partial charge is 0.497 e. The molecule has 0 saturated carbocycles. The number of nitrogens with one attached hydrogen (secondary N) is 1. The second-order valence-corrected chi connectivity index (χ2v) is 5.75. The highest BCUT2D eigenvalue weighted by Crippen LogP contribution is 2.25. The van der Waals surface area contributed by atoms with Gasteiger partial charge in [-0.05, 0) is 42.8 Å². The van der Waals surface area contributed by atoms with Gasteiger partial charge < -0.3 is 14.8 Å². The van der Waals surface area contributed by atoms with Gasteiger partial charge in [-0.3, -0.25) is 0 Å². The van der Waals surface area contributed by atoms with Crippen LogP contribution in [0.4, 0.5) is 0 Å². The molecule has 0 aromatic heterocycles. The fourth-order valence-electron chi connectivity index (χ4n) is 2.18. The first-order chi connectivity index (χ1) is 10.1. The smallest absolute Gasteiger partial charge is 0.123 e. The summed E-state index contributed by atoms with van der Waals surface area (Å²) < 4.78 is 11.8. The lowest BCUT2D eigenvalue weighted by Crippen LogP contribution is -2.18. The number of rotatable bonds is 6. The van der Waals surface area contributed by atoms with E-state index in [4.69, 9.17) is 9.47 Å². The molecule has 112 valence electrons. The zero-order valence-corrected chi connectivity index (χ0v) is 14.1. The summed E-state index contributed by atoms with van der Waals surface area (Å²) in [6, 6.07) is 14.4. The fraction of sp³-hybridized carbons (Fsp3) is 0.294. The minimum absolute atomic E-state index is 0.249. The van der Waals surface area contributed by atoms with Gasteiger partial charge in [-0.25, -0.2) is 0 Å². The molecule has 0 heterocycles. The van der Waals surface area contributed by atoms with Crippen LogP contribution in [0.1, 0.15) is 24.1 Å². The quantitative estimate of drug-likeness (QED) is 0.842. The van der Waals surface area contributed by atoms with E-state index in [2.05, 4.69) is 40.3 Å². The maximum Gasteiger partial charge on any atom is 0.123 e. The van der Waals surface area contributed by atoms with E-state index in [0.29, 0.717) is 6.54 Å². The molecule has 3 nitrogen and oxygen atoms in total. The molecule has 2 rings (SSSR count). The van der Waals surface area contributed by atoms with Crippen LogP contribution in [0, 0.1) is 0 Å². The lowest BCUT2D eigenvalue weighted by Gasteiger charge is -2.16. The van der Waals surface area contributed by atoms with E-state index in [-0.39, 0.29) is 6.04 Å². The predicted octanol–water partition coefficient (Wildman–Crippen LogP) is 4.32. The number of halogens is 1. The van der Waals surface area contributed by atoms with Crippen LogP contribution in [0.2, 0.25) is 0 Å². The first kappa shape index (κ1) is 15.9. The van der Waals surface area contributed by atoms with Gasteiger partial charge in [0.05, 0.1) is 14.2 Å². The summed E-state index contributed by atoms with van der Waals surface area (Å²) in [5.41, 5.74) is 2.32. The summed E-state index contributed by atoms with van der Waals surface area (Å²) in [7, 11) is 3.35. The molecule has 4 heteroatoms. The molecule has 0 aliphatic carbocycles.